The van der Waals surface area contributed by atoms with Crippen LogP contribution in [0, 0.1) is 0 Å². The van der Waals surface area contributed by atoms with Crippen molar-refractivity contribution in [3.63, 3.8) is 0 Å². The monoisotopic (exact) mass is 327 g/mol. The van der Waals surface area contributed by atoms with Crippen molar-refractivity contribution < 1.29 is 19.4 Å². The smallest absolute Gasteiger partial charge is 0.307 e. The van der Waals surface area contributed by atoms with E-state index in [2.05, 4.69) is 19.2 Å². The fraction of sp³-hybridized carbons (Fsp3) is 0.263. The molecular formula is C19H21NO4. The molecule has 1 amide bonds. The quantitative estimate of drug-likeness (QED) is 0.848. The second kappa shape index (κ2) is 7.64. The molecule has 0 aliphatic carbocycles. The van der Waals surface area contributed by atoms with E-state index < -0.39 is 5.97 Å². The summed E-state index contributed by atoms with van der Waals surface area (Å²) in [5.41, 5.74) is 2.81. The SMILES string of the molecule is COc1ccc(C(C)C)cc1C(=O)Nc1ccc(CC(=O)O)cc1. The third-order valence-corrected chi connectivity index (χ3v) is 3.70. The Morgan fingerprint density at radius 2 is 1.79 bits per heavy atom. The predicted octanol–water partition coefficient (Wildman–Crippen LogP) is 3.70. The first-order chi connectivity index (χ1) is 11.4. The number of aliphatic carboxylic acids is 1. The summed E-state index contributed by atoms with van der Waals surface area (Å²) in [6.45, 7) is 4.12. The topological polar surface area (TPSA) is 75.6 Å². The highest BCUT2D eigenvalue weighted by molar-refractivity contribution is 6.06. The number of carbonyl (C=O) groups is 2. The van der Waals surface area contributed by atoms with Crippen molar-refractivity contribution in [2.45, 2.75) is 26.2 Å². The van der Waals surface area contributed by atoms with Crippen LogP contribution in [0.25, 0.3) is 0 Å². The number of anilines is 1. The minimum atomic E-state index is -0.887. The van der Waals surface area contributed by atoms with Gasteiger partial charge in [-0.2, -0.15) is 0 Å². The summed E-state index contributed by atoms with van der Waals surface area (Å²) in [4.78, 5) is 23.2. The molecule has 0 bridgehead atoms. The fourth-order valence-corrected chi connectivity index (χ4v) is 2.34. The lowest BCUT2D eigenvalue weighted by molar-refractivity contribution is -0.136. The normalized spacial score (nSPS) is 10.5. The molecule has 24 heavy (non-hydrogen) atoms. The molecule has 0 aliphatic heterocycles. The molecule has 0 atom stereocenters. The minimum Gasteiger partial charge on any atom is -0.496 e. The third-order valence-electron chi connectivity index (χ3n) is 3.70. The second-order valence-corrected chi connectivity index (χ2v) is 5.84. The van der Waals surface area contributed by atoms with Crippen molar-refractivity contribution in [1.82, 2.24) is 0 Å². The maximum absolute atomic E-state index is 12.5. The summed E-state index contributed by atoms with van der Waals surface area (Å²) in [5.74, 6) is -0.334. The van der Waals surface area contributed by atoms with Gasteiger partial charge in [0, 0.05) is 5.69 Å². The molecule has 0 aromatic heterocycles. The van der Waals surface area contributed by atoms with Crippen LogP contribution >= 0.6 is 0 Å². The molecule has 5 nitrogen and oxygen atoms in total. The Bertz CT molecular complexity index is 736. The van der Waals surface area contributed by atoms with Crippen molar-refractivity contribution in [3.8, 4) is 5.75 Å². The molecule has 2 N–H and O–H groups in total. The maximum atomic E-state index is 12.5. The van der Waals surface area contributed by atoms with E-state index in [1.165, 1.54) is 7.11 Å². The van der Waals surface area contributed by atoms with Crippen LogP contribution in [0.1, 0.15) is 41.3 Å². The Morgan fingerprint density at radius 1 is 1.12 bits per heavy atom. The number of amides is 1. The molecule has 0 heterocycles. The molecule has 0 aliphatic rings. The molecule has 2 aromatic carbocycles. The lowest BCUT2D eigenvalue weighted by Gasteiger charge is -2.13. The largest absolute Gasteiger partial charge is 0.496 e. The van der Waals surface area contributed by atoms with Gasteiger partial charge in [0.2, 0.25) is 0 Å². The first kappa shape index (κ1) is 17.5. The molecule has 5 heteroatoms. The summed E-state index contributed by atoms with van der Waals surface area (Å²) in [5, 5.41) is 11.6. The van der Waals surface area contributed by atoms with Gasteiger partial charge in [-0.15, -0.1) is 0 Å². The molecule has 126 valence electrons. The lowest BCUT2D eigenvalue weighted by Crippen LogP contribution is -2.14. The number of rotatable bonds is 6. The summed E-state index contributed by atoms with van der Waals surface area (Å²) in [7, 11) is 1.53. The van der Waals surface area contributed by atoms with E-state index in [-0.39, 0.29) is 12.3 Å². The van der Waals surface area contributed by atoms with E-state index in [4.69, 9.17) is 9.84 Å². The molecule has 0 unspecified atom stereocenters. The Balaban J connectivity index is 2.19. The van der Waals surface area contributed by atoms with Crippen LogP contribution in [0.4, 0.5) is 5.69 Å². The highest BCUT2D eigenvalue weighted by Crippen LogP contribution is 2.25. The number of hydrogen-bond donors (Lipinski definition) is 2. The zero-order chi connectivity index (χ0) is 17.7. The van der Waals surface area contributed by atoms with E-state index in [0.29, 0.717) is 28.5 Å². The van der Waals surface area contributed by atoms with Gasteiger partial charge < -0.3 is 15.2 Å². The first-order valence-corrected chi connectivity index (χ1v) is 7.70. The summed E-state index contributed by atoms with van der Waals surface area (Å²) < 4.78 is 5.28. The number of carboxylic acid groups (broad SMARTS) is 1. The van der Waals surface area contributed by atoms with Crippen molar-refractivity contribution in [1.29, 1.82) is 0 Å². The number of carbonyl (C=O) groups excluding carboxylic acids is 1. The number of benzene rings is 2. The first-order valence-electron chi connectivity index (χ1n) is 7.70. The third kappa shape index (κ3) is 4.35. The van der Waals surface area contributed by atoms with Crippen LogP contribution in [0.15, 0.2) is 42.5 Å². The molecule has 0 fully saturated rings. The van der Waals surface area contributed by atoms with E-state index in [9.17, 15) is 9.59 Å². The Hall–Kier alpha value is -2.82. The molecule has 0 saturated carbocycles. The van der Waals surface area contributed by atoms with Crippen LogP contribution in [0.2, 0.25) is 0 Å². The number of hydrogen-bond acceptors (Lipinski definition) is 3. The molecule has 0 saturated heterocycles. The number of ether oxygens (including phenoxy) is 1. The van der Waals surface area contributed by atoms with E-state index in [1.807, 2.05) is 12.1 Å². The summed E-state index contributed by atoms with van der Waals surface area (Å²) in [6, 6.07) is 12.3. The highest BCUT2D eigenvalue weighted by atomic mass is 16.5. The molecule has 0 radical (unpaired) electrons. The summed E-state index contributed by atoms with van der Waals surface area (Å²) >= 11 is 0. The van der Waals surface area contributed by atoms with Gasteiger partial charge in [-0.3, -0.25) is 9.59 Å². The van der Waals surface area contributed by atoms with E-state index >= 15 is 0 Å². The van der Waals surface area contributed by atoms with E-state index in [1.54, 1.807) is 30.3 Å². The van der Waals surface area contributed by atoms with Crippen molar-refractivity contribution in [2.24, 2.45) is 0 Å². The van der Waals surface area contributed by atoms with Crippen molar-refractivity contribution in [3.05, 3.63) is 59.2 Å². The van der Waals surface area contributed by atoms with Crippen LogP contribution in [0.5, 0.6) is 5.75 Å². The van der Waals surface area contributed by atoms with Crippen LogP contribution < -0.4 is 10.1 Å². The Morgan fingerprint density at radius 3 is 2.33 bits per heavy atom. The van der Waals surface area contributed by atoms with Gasteiger partial charge in [0.1, 0.15) is 5.75 Å². The zero-order valence-corrected chi connectivity index (χ0v) is 14.0. The molecule has 0 spiro atoms. The van der Waals surface area contributed by atoms with Crippen LogP contribution in [-0.2, 0) is 11.2 Å². The average molecular weight is 327 g/mol. The van der Waals surface area contributed by atoms with Gasteiger partial charge in [-0.25, -0.2) is 0 Å². The zero-order valence-electron chi connectivity index (χ0n) is 14.0. The maximum Gasteiger partial charge on any atom is 0.307 e. The van der Waals surface area contributed by atoms with E-state index in [0.717, 1.165) is 5.56 Å². The van der Waals surface area contributed by atoms with Crippen molar-refractivity contribution >= 4 is 17.6 Å². The number of nitrogens with one attached hydrogen (secondary N) is 1. The molecule has 2 aromatic rings. The predicted molar refractivity (Wildman–Crippen MR) is 92.8 cm³/mol. The molecule has 2 rings (SSSR count). The fourth-order valence-electron chi connectivity index (χ4n) is 2.34. The van der Waals surface area contributed by atoms with Gasteiger partial charge in [0.05, 0.1) is 19.1 Å². The van der Waals surface area contributed by atoms with Crippen molar-refractivity contribution in [2.75, 3.05) is 12.4 Å². The van der Waals surface area contributed by atoms with Gasteiger partial charge in [-0.1, -0.05) is 32.0 Å². The second-order valence-electron chi connectivity index (χ2n) is 5.84. The van der Waals surface area contributed by atoms with Gasteiger partial charge >= 0.3 is 5.97 Å². The average Bonchev–Trinajstić information content (AvgIpc) is 2.55. The van der Waals surface area contributed by atoms with Gasteiger partial charge in [0.15, 0.2) is 0 Å². The highest BCUT2D eigenvalue weighted by Gasteiger charge is 2.14. The Kier molecular flexibility index (Phi) is 5.58. The standard InChI is InChI=1S/C19H21NO4/c1-12(2)14-6-9-17(24-3)16(11-14)19(23)20-15-7-4-13(5-8-15)10-18(21)22/h4-9,11-12H,10H2,1-3H3,(H,20,23)(H,21,22). The minimum absolute atomic E-state index is 0.0432. The number of methoxy groups -OCH3 is 1. The molecular weight excluding hydrogens is 306 g/mol. The van der Waals surface area contributed by atoms with Gasteiger partial charge in [-0.05, 0) is 41.3 Å². The van der Waals surface area contributed by atoms with Crippen LogP contribution in [-0.4, -0.2) is 24.1 Å². The lowest BCUT2D eigenvalue weighted by atomic mass is 10.00. The number of carboxylic acids is 1. The van der Waals surface area contributed by atoms with Gasteiger partial charge in [0.25, 0.3) is 5.91 Å². The van der Waals surface area contributed by atoms with Crippen LogP contribution in [0.3, 0.4) is 0 Å². The summed E-state index contributed by atoms with van der Waals surface area (Å²) in [6.07, 6.45) is -0.0432. The Labute approximate surface area is 141 Å².